The minimum Gasteiger partial charge on any atom is -0.488 e. The Morgan fingerprint density at radius 2 is 1.44 bits per heavy atom. The zero-order valence-corrected chi connectivity index (χ0v) is 14.6. The van der Waals surface area contributed by atoms with Crippen molar-refractivity contribution in [1.29, 1.82) is 0 Å². The third-order valence-corrected chi connectivity index (χ3v) is 4.02. The first-order valence-corrected chi connectivity index (χ1v) is 8.32. The lowest BCUT2D eigenvalue weighted by molar-refractivity contribution is 0.0730. The molecule has 0 radical (unpaired) electrons. The summed E-state index contributed by atoms with van der Waals surface area (Å²) in [6.07, 6.45) is 0. The molecular formula is C20H14Cl2O3. The van der Waals surface area contributed by atoms with Crippen LogP contribution in [-0.4, -0.2) is 5.97 Å². The molecule has 0 fully saturated rings. The second-order valence-corrected chi connectivity index (χ2v) is 6.07. The van der Waals surface area contributed by atoms with Gasteiger partial charge in [0.25, 0.3) is 0 Å². The van der Waals surface area contributed by atoms with Gasteiger partial charge >= 0.3 is 5.97 Å². The Morgan fingerprint density at radius 1 is 0.800 bits per heavy atom. The largest absolute Gasteiger partial charge is 0.488 e. The molecule has 0 saturated carbocycles. The first-order valence-electron chi connectivity index (χ1n) is 7.56. The van der Waals surface area contributed by atoms with Crippen LogP contribution in [0.2, 0.25) is 10.0 Å². The van der Waals surface area contributed by atoms with E-state index in [1.807, 2.05) is 12.1 Å². The highest BCUT2D eigenvalue weighted by Gasteiger charge is 2.16. The number of esters is 1. The summed E-state index contributed by atoms with van der Waals surface area (Å²) in [7, 11) is 0. The lowest BCUT2D eigenvalue weighted by Crippen LogP contribution is -2.11. The van der Waals surface area contributed by atoms with Crippen molar-refractivity contribution in [3.05, 3.63) is 94.0 Å². The van der Waals surface area contributed by atoms with Crippen LogP contribution in [0.4, 0.5) is 0 Å². The standard InChI is InChI=1S/C20H14Cl2O3/c21-15-11-9-14(10-12-15)13-24-18-7-3-1-5-16(18)20(23)25-19-8-4-2-6-17(19)22/h1-12H,13H2. The molecule has 0 heterocycles. The smallest absolute Gasteiger partial charge is 0.347 e. The maximum atomic E-state index is 12.5. The first-order chi connectivity index (χ1) is 12.1. The van der Waals surface area contributed by atoms with E-state index in [9.17, 15) is 4.79 Å². The Balaban J connectivity index is 1.75. The summed E-state index contributed by atoms with van der Waals surface area (Å²) in [5, 5.41) is 1.03. The van der Waals surface area contributed by atoms with Crippen LogP contribution in [0.25, 0.3) is 0 Å². The van der Waals surface area contributed by atoms with E-state index in [0.29, 0.717) is 33.7 Å². The fourth-order valence-electron chi connectivity index (χ4n) is 2.19. The maximum absolute atomic E-state index is 12.5. The molecule has 0 aliphatic carbocycles. The van der Waals surface area contributed by atoms with E-state index in [1.54, 1.807) is 60.7 Å². The normalized spacial score (nSPS) is 10.3. The first kappa shape index (κ1) is 17.3. The molecule has 0 N–H and O–H groups in total. The predicted octanol–water partition coefficient (Wildman–Crippen LogP) is 5.79. The number of carbonyl (C=O) groups is 1. The summed E-state index contributed by atoms with van der Waals surface area (Å²) >= 11 is 11.9. The molecule has 0 aromatic heterocycles. The van der Waals surface area contributed by atoms with E-state index in [0.717, 1.165) is 5.56 Å². The zero-order chi connectivity index (χ0) is 17.6. The fraction of sp³-hybridized carbons (Fsp3) is 0.0500. The molecule has 0 amide bonds. The molecule has 5 heteroatoms. The highest BCUT2D eigenvalue weighted by molar-refractivity contribution is 6.32. The van der Waals surface area contributed by atoms with Crippen molar-refractivity contribution in [3.63, 3.8) is 0 Å². The number of benzene rings is 3. The molecule has 0 atom stereocenters. The van der Waals surface area contributed by atoms with Gasteiger partial charge in [0.2, 0.25) is 0 Å². The SMILES string of the molecule is O=C(Oc1ccccc1Cl)c1ccccc1OCc1ccc(Cl)cc1. The summed E-state index contributed by atoms with van der Waals surface area (Å²) in [4.78, 5) is 12.5. The Labute approximate surface area is 155 Å². The Bertz CT molecular complexity index is 876. The highest BCUT2D eigenvalue weighted by Crippen LogP contribution is 2.26. The van der Waals surface area contributed by atoms with Crippen LogP contribution in [0.5, 0.6) is 11.5 Å². The Morgan fingerprint density at radius 3 is 2.16 bits per heavy atom. The number of hydrogen-bond acceptors (Lipinski definition) is 3. The number of carbonyl (C=O) groups excluding carboxylic acids is 1. The third-order valence-electron chi connectivity index (χ3n) is 3.45. The van der Waals surface area contributed by atoms with Gasteiger partial charge in [-0.15, -0.1) is 0 Å². The van der Waals surface area contributed by atoms with Crippen molar-refractivity contribution in [2.75, 3.05) is 0 Å². The van der Waals surface area contributed by atoms with Crippen LogP contribution in [0, 0.1) is 0 Å². The van der Waals surface area contributed by atoms with E-state index >= 15 is 0 Å². The van der Waals surface area contributed by atoms with E-state index in [-0.39, 0.29) is 0 Å². The van der Waals surface area contributed by atoms with Gasteiger partial charge in [-0.3, -0.25) is 0 Å². The molecule has 0 unspecified atom stereocenters. The van der Waals surface area contributed by atoms with Gasteiger partial charge in [0.05, 0.1) is 5.02 Å². The zero-order valence-electron chi connectivity index (χ0n) is 13.1. The summed E-state index contributed by atoms with van der Waals surface area (Å²) in [6, 6.07) is 21.0. The van der Waals surface area contributed by atoms with Crippen molar-refractivity contribution in [1.82, 2.24) is 0 Å². The van der Waals surface area contributed by atoms with E-state index in [4.69, 9.17) is 32.7 Å². The second-order valence-electron chi connectivity index (χ2n) is 5.23. The molecule has 0 aliphatic heterocycles. The van der Waals surface area contributed by atoms with Gasteiger partial charge in [-0.2, -0.15) is 0 Å². The van der Waals surface area contributed by atoms with Crippen molar-refractivity contribution >= 4 is 29.2 Å². The van der Waals surface area contributed by atoms with Crippen LogP contribution >= 0.6 is 23.2 Å². The second kappa shape index (κ2) is 8.06. The van der Waals surface area contributed by atoms with Gasteiger partial charge in [-0.1, -0.05) is 59.6 Å². The molecule has 3 aromatic carbocycles. The van der Waals surface area contributed by atoms with Crippen molar-refractivity contribution in [3.8, 4) is 11.5 Å². The molecule has 3 aromatic rings. The molecule has 126 valence electrons. The summed E-state index contributed by atoms with van der Waals surface area (Å²) < 4.78 is 11.1. The van der Waals surface area contributed by atoms with Crippen molar-refractivity contribution < 1.29 is 14.3 Å². The maximum Gasteiger partial charge on any atom is 0.347 e. The van der Waals surface area contributed by atoms with Crippen LogP contribution < -0.4 is 9.47 Å². The Hall–Kier alpha value is -2.49. The van der Waals surface area contributed by atoms with Crippen molar-refractivity contribution in [2.24, 2.45) is 0 Å². The monoisotopic (exact) mass is 372 g/mol. The summed E-state index contributed by atoms with van der Waals surface area (Å²) in [6.45, 7) is 0.313. The van der Waals surface area contributed by atoms with Crippen molar-refractivity contribution in [2.45, 2.75) is 6.61 Å². The van der Waals surface area contributed by atoms with Crippen LogP contribution in [-0.2, 0) is 6.61 Å². The molecule has 0 spiro atoms. The average molecular weight is 373 g/mol. The van der Waals surface area contributed by atoms with Gasteiger partial charge in [0.1, 0.15) is 23.7 Å². The number of ether oxygens (including phenoxy) is 2. The molecule has 25 heavy (non-hydrogen) atoms. The molecule has 0 aliphatic rings. The molecule has 3 rings (SSSR count). The molecule has 0 saturated heterocycles. The number of para-hydroxylation sites is 2. The van der Waals surface area contributed by atoms with E-state index < -0.39 is 5.97 Å². The number of halogens is 2. The third kappa shape index (κ3) is 4.53. The average Bonchev–Trinajstić information content (AvgIpc) is 2.63. The van der Waals surface area contributed by atoms with E-state index in [2.05, 4.69) is 0 Å². The molecule has 3 nitrogen and oxygen atoms in total. The molecule has 0 bridgehead atoms. The Kier molecular flexibility index (Phi) is 5.59. The summed E-state index contributed by atoms with van der Waals surface area (Å²) in [5.41, 5.74) is 1.27. The van der Waals surface area contributed by atoms with Gasteiger partial charge in [-0.05, 0) is 42.0 Å². The van der Waals surface area contributed by atoms with E-state index in [1.165, 1.54) is 0 Å². The molecular weight excluding hydrogens is 359 g/mol. The van der Waals surface area contributed by atoms with Gasteiger partial charge in [0, 0.05) is 5.02 Å². The number of hydrogen-bond donors (Lipinski definition) is 0. The lowest BCUT2D eigenvalue weighted by Gasteiger charge is -2.11. The summed E-state index contributed by atoms with van der Waals surface area (Å²) in [5.74, 6) is 0.219. The van der Waals surface area contributed by atoms with Gasteiger partial charge in [0.15, 0.2) is 0 Å². The predicted molar refractivity (Wildman–Crippen MR) is 98.6 cm³/mol. The van der Waals surface area contributed by atoms with Crippen LogP contribution in [0.3, 0.4) is 0 Å². The fourth-order valence-corrected chi connectivity index (χ4v) is 2.49. The quantitative estimate of drug-likeness (QED) is 0.419. The minimum atomic E-state index is -0.528. The van der Waals surface area contributed by atoms with Crippen LogP contribution in [0.15, 0.2) is 72.8 Å². The minimum absolute atomic E-state index is 0.307. The highest BCUT2D eigenvalue weighted by atomic mass is 35.5. The lowest BCUT2D eigenvalue weighted by atomic mass is 10.2. The van der Waals surface area contributed by atoms with Gasteiger partial charge < -0.3 is 9.47 Å². The topological polar surface area (TPSA) is 35.5 Å². The van der Waals surface area contributed by atoms with Gasteiger partial charge in [-0.25, -0.2) is 4.79 Å². The number of rotatable bonds is 5. The van der Waals surface area contributed by atoms with Crippen LogP contribution in [0.1, 0.15) is 15.9 Å².